The molecular formula is C10H22Si. The van der Waals surface area contributed by atoms with Crippen molar-refractivity contribution in [3.63, 3.8) is 0 Å². The Kier molecular flexibility index (Phi) is 2.48. The average Bonchev–Trinajstić information content (AvgIpc) is 2.58. The Labute approximate surface area is 72.4 Å². The van der Waals surface area contributed by atoms with Crippen LogP contribution in [-0.2, 0) is 0 Å². The minimum atomic E-state index is -0.792. The van der Waals surface area contributed by atoms with E-state index in [0.29, 0.717) is 0 Å². The smallest absolute Gasteiger partial charge is 0.0479 e. The Hall–Kier alpha value is 0.217. The van der Waals surface area contributed by atoms with E-state index in [4.69, 9.17) is 0 Å². The van der Waals surface area contributed by atoms with E-state index in [1.54, 1.807) is 0 Å². The van der Waals surface area contributed by atoms with Gasteiger partial charge in [0.15, 0.2) is 0 Å². The first-order chi connectivity index (χ1) is 5.02. The Balaban J connectivity index is 2.51. The summed E-state index contributed by atoms with van der Waals surface area (Å²) in [6, 6.07) is 0. The van der Waals surface area contributed by atoms with E-state index in [1.807, 2.05) is 0 Å². The summed E-state index contributed by atoms with van der Waals surface area (Å²) in [5, 5.41) is 0. The fourth-order valence-electron chi connectivity index (χ4n) is 2.84. The average molecular weight is 170 g/mol. The molecule has 1 rings (SSSR count). The summed E-state index contributed by atoms with van der Waals surface area (Å²) in [6.45, 7) is 12.3. The SMILES string of the molecule is CCC1C(CC)C1[Si](C)(C)C. The molecule has 0 radical (unpaired) electrons. The highest BCUT2D eigenvalue weighted by Crippen LogP contribution is 2.60. The first-order valence-electron chi connectivity index (χ1n) is 5.02. The molecule has 0 amide bonds. The zero-order valence-corrected chi connectivity index (χ0v) is 9.65. The first kappa shape index (κ1) is 9.31. The Morgan fingerprint density at radius 2 is 1.27 bits per heavy atom. The maximum atomic E-state index is 2.52. The second kappa shape index (κ2) is 2.93. The van der Waals surface area contributed by atoms with Crippen LogP contribution in [0.25, 0.3) is 0 Å². The second-order valence-corrected chi connectivity index (χ2v) is 10.4. The first-order valence-corrected chi connectivity index (χ1v) is 8.60. The van der Waals surface area contributed by atoms with Crippen molar-refractivity contribution in [2.24, 2.45) is 11.8 Å². The summed E-state index contributed by atoms with van der Waals surface area (Å²) in [5.41, 5.74) is 1.15. The lowest BCUT2D eigenvalue weighted by atomic mass is 10.2. The van der Waals surface area contributed by atoms with Crippen LogP contribution in [0, 0.1) is 11.8 Å². The lowest BCUT2D eigenvalue weighted by Crippen LogP contribution is -2.21. The van der Waals surface area contributed by atoms with Gasteiger partial charge in [0.05, 0.1) is 0 Å². The molecule has 2 atom stereocenters. The van der Waals surface area contributed by atoms with E-state index in [1.165, 1.54) is 12.8 Å². The van der Waals surface area contributed by atoms with Gasteiger partial charge in [-0.15, -0.1) is 0 Å². The summed E-state index contributed by atoms with van der Waals surface area (Å²) in [4.78, 5) is 0. The van der Waals surface area contributed by atoms with Crippen LogP contribution in [0.1, 0.15) is 26.7 Å². The van der Waals surface area contributed by atoms with Crippen molar-refractivity contribution >= 4 is 8.07 Å². The molecule has 1 saturated carbocycles. The molecule has 0 bridgehead atoms. The molecule has 1 heteroatoms. The zero-order chi connectivity index (χ0) is 8.65. The van der Waals surface area contributed by atoms with Gasteiger partial charge in [-0.2, -0.15) is 0 Å². The topological polar surface area (TPSA) is 0 Å². The third kappa shape index (κ3) is 1.69. The summed E-state index contributed by atoms with van der Waals surface area (Å²) < 4.78 is 0. The van der Waals surface area contributed by atoms with Crippen molar-refractivity contribution in [1.82, 2.24) is 0 Å². The number of hydrogen-bond donors (Lipinski definition) is 0. The maximum absolute atomic E-state index is 2.52. The molecule has 0 aromatic heterocycles. The molecule has 1 aliphatic rings. The van der Waals surface area contributed by atoms with Gasteiger partial charge < -0.3 is 0 Å². The van der Waals surface area contributed by atoms with Gasteiger partial charge in [0.2, 0.25) is 0 Å². The predicted octanol–water partition coefficient (Wildman–Crippen LogP) is 3.76. The van der Waals surface area contributed by atoms with Crippen molar-refractivity contribution in [1.29, 1.82) is 0 Å². The van der Waals surface area contributed by atoms with Gasteiger partial charge in [0.1, 0.15) is 0 Å². The lowest BCUT2D eigenvalue weighted by Gasteiger charge is -2.15. The highest BCUT2D eigenvalue weighted by atomic mass is 28.3. The molecular weight excluding hydrogens is 148 g/mol. The third-order valence-electron chi connectivity index (χ3n) is 3.27. The Morgan fingerprint density at radius 1 is 0.909 bits per heavy atom. The van der Waals surface area contributed by atoms with Crippen LogP contribution in [0.5, 0.6) is 0 Å². The van der Waals surface area contributed by atoms with Gasteiger partial charge in [0.25, 0.3) is 0 Å². The molecule has 0 heterocycles. The number of rotatable bonds is 3. The summed E-state index contributed by atoms with van der Waals surface area (Å²) in [7, 11) is -0.792. The van der Waals surface area contributed by atoms with Gasteiger partial charge in [-0.25, -0.2) is 0 Å². The van der Waals surface area contributed by atoms with E-state index in [9.17, 15) is 0 Å². The highest BCUT2D eigenvalue weighted by Gasteiger charge is 2.53. The molecule has 0 aliphatic heterocycles. The molecule has 2 unspecified atom stereocenters. The van der Waals surface area contributed by atoms with Crippen LogP contribution in [-0.4, -0.2) is 8.07 Å². The molecule has 0 aromatic rings. The fourth-order valence-corrected chi connectivity index (χ4v) is 6.27. The van der Waals surface area contributed by atoms with Gasteiger partial charge in [0, 0.05) is 8.07 Å². The minimum absolute atomic E-state index is 0.792. The largest absolute Gasteiger partial charge is 0.0693 e. The predicted molar refractivity (Wildman–Crippen MR) is 54.7 cm³/mol. The minimum Gasteiger partial charge on any atom is -0.0693 e. The van der Waals surface area contributed by atoms with E-state index in [-0.39, 0.29) is 0 Å². The van der Waals surface area contributed by atoms with Crippen LogP contribution in [0.4, 0.5) is 0 Å². The maximum Gasteiger partial charge on any atom is 0.0479 e. The van der Waals surface area contributed by atoms with Gasteiger partial charge in [-0.3, -0.25) is 0 Å². The van der Waals surface area contributed by atoms with Crippen molar-refractivity contribution in [3.05, 3.63) is 0 Å². The Bertz CT molecular complexity index is 124. The van der Waals surface area contributed by atoms with E-state index in [2.05, 4.69) is 33.5 Å². The molecule has 1 fully saturated rings. The number of hydrogen-bond acceptors (Lipinski definition) is 0. The Morgan fingerprint density at radius 3 is 1.36 bits per heavy atom. The fraction of sp³-hybridized carbons (Fsp3) is 1.00. The quantitative estimate of drug-likeness (QED) is 0.566. The summed E-state index contributed by atoms with van der Waals surface area (Å²) >= 11 is 0. The molecule has 0 N–H and O–H groups in total. The normalized spacial score (nSPS) is 37.4. The van der Waals surface area contributed by atoms with E-state index < -0.39 is 8.07 Å². The summed E-state index contributed by atoms with van der Waals surface area (Å²) in [6.07, 6.45) is 2.85. The van der Waals surface area contributed by atoms with Crippen LogP contribution >= 0.6 is 0 Å². The molecule has 66 valence electrons. The summed E-state index contributed by atoms with van der Waals surface area (Å²) in [5.74, 6) is 2.21. The standard InChI is InChI=1S/C10H22Si/c1-6-8-9(7-2)10(8)11(3,4)5/h8-10H,6-7H2,1-5H3. The second-order valence-electron chi connectivity index (χ2n) is 5.04. The van der Waals surface area contributed by atoms with E-state index >= 15 is 0 Å². The van der Waals surface area contributed by atoms with Gasteiger partial charge in [-0.05, 0) is 17.4 Å². The molecule has 1 aliphatic carbocycles. The molecule has 0 saturated heterocycles. The third-order valence-corrected chi connectivity index (χ3v) is 6.13. The van der Waals surface area contributed by atoms with Crippen LogP contribution in [0.3, 0.4) is 0 Å². The highest BCUT2D eigenvalue weighted by molar-refractivity contribution is 6.78. The van der Waals surface area contributed by atoms with Crippen LogP contribution in [0.15, 0.2) is 0 Å². The van der Waals surface area contributed by atoms with Crippen LogP contribution < -0.4 is 0 Å². The van der Waals surface area contributed by atoms with Crippen molar-refractivity contribution < 1.29 is 0 Å². The van der Waals surface area contributed by atoms with Crippen molar-refractivity contribution in [2.45, 2.75) is 51.9 Å². The van der Waals surface area contributed by atoms with Crippen molar-refractivity contribution in [3.8, 4) is 0 Å². The lowest BCUT2D eigenvalue weighted by molar-refractivity contribution is 0.663. The molecule has 11 heavy (non-hydrogen) atoms. The van der Waals surface area contributed by atoms with Crippen LogP contribution in [0.2, 0.25) is 25.2 Å². The zero-order valence-electron chi connectivity index (χ0n) is 8.65. The van der Waals surface area contributed by atoms with Gasteiger partial charge in [-0.1, -0.05) is 46.3 Å². The monoisotopic (exact) mass is 170 g/mol. The van der Waals surface area contributed by atoms with E-state index in [0.717, 1.165) is 17.4 Å². The van der Waals surface area contributed by atoms with Crippen molar-refractivity contribution in [2.75, 3.05) is 0 Å². The molecule has 0 spiro atoms. The van der Waals surface area contributed by atoms with Gasteiger partial charge >= 0.3 is 0 Å². The molecule has 0 nitrogen and oxygen atoms in total. The molecule has 0 aromatic carbocycles.